The maximum Gasteiger partial charge on any atom is 1.00 e. The fourth-order valence-corrected chi connectivity index (χ4v) is 4.08. The zero-order valence-corrected chi connectivity index (χ0v) is 31.5. The maximum atomic E-state index is 12.8. The molecule has 190 valence electrons. The van der Waals surface area contributed by atoms with Gasteiger partial charge in [-0.2, -0.15) is 0 Å². The second-order valence-corrected chi connectivity index (χ2v) is 7.91. The van der Waals surface area contributed by atoms with Gasteiger partial charge in [0.25, 0.3) is 0 Å². The predicted octanol–water partition coefficient (Wildman–Crippen LogP) is -12.8. The molecule has 37 heavy (non-hydrogen) atoms. The van der Waals surface area contributed by atoms with Crippen LogP contribution in [0, 0.1) is 35.5 Å². The fourth-order valence-electron chi connectivity index (χ4n) is 4.01. The van der Waals surface area contributed by atoms with Gasteiger partial charge in [-0.3, -0.25) is 19.2 Å². The number of alkyl halides is 1. The van der Waals surface area contributed by atoms with Gasteiger partial charge in [0.2, 0.25) is 0 Å². The van der Waals surface area contributed by atoms with Crippen LogP contribution < -0.4 is 169 Å². The van der Waals surface area contributed by atoms with E-state index in [0.29, 0.717) is 0 Å². The molecule has 1 saturated heterocycles. The Bertz CT molecular complexity index is 868. The summed E-state index contributed by atoms with van der Waals surface area (Å²) in [4.78, 5) is 84.5. The van der Waals surface area contributed by atoms with Crippen LogP contribution in [0.4, 0.5) is 0 Å². The summed E-state index contributed by atoms with van der Waals surface area (Å²) >= 11 is 5.46. The minimum atomic E-state index is -2.67. The van der Waals surface area contributed by atoms with E-state index in [4.69, 9.17) is 21.1 Å². The second-order valence-electron chi connectivity index (χ2n) is 7.53. The Kier molecular flexibility index (Phi) is 24.0. The third-order valence-electron chi connectivity index (χ3n) is 5.46. The van der Waals surface area contributed by atoms with Crippen LogP contribution in [0.1, 0.15) is 27.2 Å². The Balaban J connectivity index is -0.00000385. The van der Waals surface area contributed by atoms with Crippen LogP contribution in [0.15, 0.2) is 0 Å². The number of esters is 4. The van der Waals surface area contributed by atoms with Gasteiger partial charge in [0, 0.05) is 42.6 Å². The molecule has 1 aliphatic rings. The summed E-state index contributed by atoms with van der Waals surface area (Å²) in [5.74, 6) is -25.3. The van der Waals surface area contributed by atoms with Crippen LogP contribution >= 0.6 is 11.6 Å². The van der Waals surface area contributed by atoms with Crippen molar-refractivity contribution in [1.82, 2.24) is 0 Å². The van der Waals surface area contributed by atoms with Crippen LogP contribution in [0.2, 0.25) is 0 Å². The number of aliphatic carboxylic acids is 3. The predicted molar refractivity (Wildman–Crippen MR) is 100 cm³/mol. The van der Waals surface area contributed by atoms with Gasteiger partial charge in [-0.05, 0) is 6.42 Å². The minimum Gasteiger partial charge on any atom is -0.550 e. The van der Waals surface area contributed by atoms with Crippen molar-refractivity contribution < 1.29 is 217 Å². The van der Waals surface area contributed by atoms with Crippen LogP contribution in [0.3, 0.4) is 0 Å². The van der Waals surface area contributed by atoms with Gasteiger partial charge in [0.1, 0.15) is 18.6 Å². The molecule has 0 saturated carbocycles. The number of hydrogen-bond acceptors (Lipinski definition) is 13. The van der Waals surface area contributed by atoms with E-state index in [0.717, 1.165) is 13.8 Å². The molecular weight excluding hydrogens is 601 g/mol. The van der Waals surface area contributed by atoms with E-state index in [2.05, 4.69) is 4.74 Å². The molecule has 0 aromatic heterocycles. The first-order chi connectivity index (χ1) is 15.8. The molecule has 1 rings (SSSR count). The van der Waals surface area contributed by atoms with Crippen molar-refractivity contribution in [2.75, 3.05) is 12.5 Å². The van der Waals surface area contributed by atoms with Gasteiger partial charge in [-0.15, -0.1) is 11.6 Å². The average molecular weight is 623 g/mol. The summed E-state index contributed by atoms with van der Waals surface area (Å²) in [5.41, 5.74) is 0. The van der Waals surface area contributed by atoms with Crippen molar-refractivity contribution in [3.05, 3.63) is 0 Å². The van der Waals surface area contributed by atoms with Crippen molar-refractivity contribution in [2.24, 2.45) is 35.5 Å². The zero-order chi connectivity index (χ0) is 26.3. The summed E-state index contributed by atoms with van der Waals surface area (Å²) in [6, 6.07) is 0. The van der Waals surface area contributed by atoms with Gasteiger partial charge < -0.3 is 43.9 Å². The molecule has 0 aromatic carbocycles. The Hall–Kier alpha value is 1.69. The first-order valence-corrected chi connectivity index (χ1v) is 10.6. The maximum absolute atomic E-state index is 12.8. The molecule has 0 aliphatic carbocycles. The average Bonchev–Trinajstić information content (AvgIpc) is 2.98. The minimum absolute atomic E-state index is 0. The summed E-state index contributed by atoms with van der Waals surface area (Å²) in [7, 11) is 0. The van der Waals surface area contributed by atoms with Gasteiger partial charge in [-0.1, -0.05) is 13.8 Å². The Morgan fingerprint density at radius 1 is 0.919 bits per heavy atom. The molecule has 7 unspecified atom stereocenters. The third kappa shape index (κ3) is 11.8. The van der Waals surface area contributed by atoms with Crippen molar-refractivity contribution in [3.8, 4) is 0 Å². The second kappa shape index (κ2) is 20.5. The molecule has 13 nitrogen and oxygen atoms in total. The van der Waals surface area contributed by atoms with E-state index in [1.807, 2.05) is 0 Å². The standard InChI is InChI=1S/C20H25ClO13.3K/c1-4-9(33-8(3)22)11(19(30)32-6-5-21)13(16(25)26)14(17(27)28)12(15(23)24)10-7(2)18(29)34-20(10)31;;;/h7,9-14H,4-6H2,1-3H3,(H,23,24)(H,25,26)(H,27,28);;;/q;3*+1/p-3. The molecule has 17 heteroatoms. The van der Waals surface area contributed by atoms with E-state index < -0.39 is 90.0 Å². The van der Waals surface area contributed by atoms with E-state index in [1.54, 1.807) is 0 Å². The summed E-state index contributed by atoms with van der Waals surface area (Å²) in [5, 5.41) is 36.3. The molecule has 0 aromatic rings. The quantitative estimate of drug-likeness (QED) is 0.0613. The number of carbonyl (C=O) groups excluding carboxylic acids is 7. The van der Waals surface area contributed by atoms with E-state index in [1.165, 1.54) is 6.92 Å². The number of carboxylic acids is 3. The Morgan fingerprint density at radius 3 is 1.76 bits per heavy atom. The molecule has 0 radical (unpaired) electrons. The van der Waals surface area contributed by atoms with Crippen molar-refractivity contribution in [1.29, 1.82) is 0 Å². The van der Waals surface area contributed by atoms with Gasteiger partial charge in [0.05, 0.1) is 17.7 Å². The van der Waals surface area contributed by atoms with Crippen LogP contribution in [-0.4, -0.2) is 60.4 Å². The topological polar surface area (TPSA) is 216 Å². The molecule has 0 amide bonds. The number of rotatable bonds is 13. The molecule has 0 bridgehead atoms. The van der Waals surface area contributed by atoms with Crippen molar-refractivity contribution in [3.63, 3.8) is 0 Å². The van der Waals surface area contributed by atoms with Crippen molar-refractivity contribution >= 4 is 53.4 Å². The van der Waals surface area contributed by atoms with Crippen molar-refractivity contribution in [2.45, 2.75) is 33.3 Å². The SMILES string of the molecule is CCC(OC(C)=O)C(C(=O)OCCCl)C(C(=O)[O-])C(C(=O)[O-])C(C(=O)[O-])C1C(=O)OC(=O)C1C.[K+].[K+].[K+]. The first kappa shape index (κ1) is 43.1. The van der Waals surface area contributed by atoms with Crippen LogP contribution in [-0.2, 0) is 47.8 Å². The number of halogens is 1. The smallest absolute Gasteiger partial charge is 0.550 e. The number of ether oxygens (including phenoxy) is 3. The molecule has 1 fully saturated rings. The number of carbonyl (C=O) groups is 7. The van der Waals surface area contributed by atoms with Gasteiger partial charge in [-0.25, -0.2) is 0 Å². The molecule has 0 N–H and O–H groups in total. The van der Waals surface area contributed by atoms with E-state index in [9.17, 15) is 48.9 Å². The van der Waals surface area contributed by atoms with Crippen LogP contribution in [0.5, 0.6) is 0 Å². The Morgan fingerprint density at radius 2 is 1.43 bits per heavy atom. The van der Waals surface area contributed by atoms with E-state index >= 15 is 0 Å². The number of cyclic esters (lactones) is 2. The van der Waals surface area contributed by atoms with Gasteiger partial charge in [0.15, 0.2) is 0 Å². The normalized spacial score (nSPS) is 20.2. The summed E-state index contributed by atoms with van der Waals surface area (Å²) < 4.78 is 14.1. The summed E-state index contributed by atoms with van der Waals surface area (Å²) in [6.45, 7) is 2.91. The number of carboxylic acid groups (broad SMARTS) is 3. The molecule has 0 spiro atoms. The summed E-state index contributed by atoms with van der Waals surface area (Å²) in [6.07, 6.45) is -1.85. The molecular formula is C20H22ClK3O13. The van der Waals surface area contributed by atoms with Gasteiger partial charge >= 0.3 is 178 Å². The largest absolute Gasteiger partial charge is 1.00 e. The Labute approximate surface area is 345 Å². The molecule has 1 heterocycles. The third-order valence-corrected chi connectivity index (χ3v) is 5.62. The molecule has 7 atom stereocenters. The van der Waals surface area contributed by atoms with E-state index in [-0.39, 0.29) is 166 Å². The number of hydrogen-bond donors (Lipinski definition) is 0. The van der Waals surface area contributed by atoms with Crippen LogP contribution in [0.25, 0.3) is 0 Å². The first-order valence-electron chi connectivity index (χ1n) is 10.1. The zero-order valence-electron chi connectivity index (χ0n) is 21.3. The fraction of sp³-hybridized carbons (Fsp3) is 0.650. The monoisotopic (exact) mass is 622 g/mol. The molecule has 1 aliphatic heterocycles.